The van der Waals surface area contributed by atoms with Crippen LogP contribution in [0.5, 0.6) is 0 Å². The molecule has 5 nitrogen and oxygen atoms in total. The van der Waals surface area contributed by atoms with E-state index in [1.165, 1.54) is 0 Å². The monoisotopic (exact) mass is 280 g/mol. The minimum Gasteiger partial charge on any atom is -0.388 e. The number of methoxy groups -OCH3 is 1. The fourth-order valence-electron chi connectivity index (χ4n) is 1.79. The Morgan fingerprint density at radius 2 is 2.10 bits per heavy atom. The van der Waals surface area contributed by atoms with Crippen molar-refractivity contribution >= 4 is 5.91 Å². The fraction of sp³-hybridized carbons (Fsp3) is 0.533. The van der Waals surface area contributed by atoms with E-state index in [1.807, 2.05) is 30.3 Å². The van der Waals surface area contributed by atoms with Crippen LogP contribution in [0.3, 0.4) is 0 Å². The van der Waals surface area contributed by atoms with Gasteiger partial charge in [-0.25, -0.2) is 0 Å². The molecular formula is C15H24N2O3. The summed E-state index contributed by atoms with van der Waals surface area (Å²) in [4.78, 5) is 11.8. The van der Waals surface area contributed by atoms with Gasteiger partial charge in [0.15, 0.2) is 0 Å². The first-order valence-electron chi connectivity index (χ1n) is 6.73. The number of hydrogen-bond acceptors (Lipinski definition) is 4. The summed E-state index contributed by atoms with van der Waals surface area (Å²) in [6.07, 6.45) is 0.666. The van der Waals surface area contributed by atoms with Gasteiger partial charge in [0.05, 0.1) is 5.60 Å². The van der Waals surface area contributed by atoms with Crippen molar-refractivity contribution in [2.75, 3.05) is 20.3 Å². The topological polar surface area (TPSA) is 84.6 Å². The van der Waals surface area contributed by atoms with Crippen molar-refractivity contribution in [1.82, 2.24) is 5.32 Å². The SMILES string of the molecule is COCCC(C)(O)CNC(=O)CC(N)c1ccccc1. The number of carbonyl (C=O) groups excluding carboxylic acids is 1. The molecule has 0 aromatic heterocycles. The van der Waals surface area contributed by atoms with E-state index >= 15 is 0 Å². The van der Waals surface area contributed by atoms with Crippen molar-refractivity contribution in [2.24, 2.45) is 5.73 Å². The highest BCUT2D eigenvalue weighted by Gasteiger charge is 2.21. The number of nitrogens with two attached hydrogens (primary N) is 1. The van der Waals surface area contributed by atoms with Crippen molar-refractivity contribution in [3.05, 3.63) is 35.9 Å². The zero-order valence-electron chi connectivity index (χ0n) is 12.1. The van der Waals surface area contributed by atoms with Gasteiger partial charge in [-0.15, -0.1) is 0 Å². The molecule has 0 radical (unpaired) electrons. The van der Waals surface area contributed by atoms with Gasteiger partial charge in [-0.2, -0.15) is 0 Å². The third-order valence-corrected chi connectivity index (χ3v) is 3.14. The Labute approximate surface area is 120 Å². The van der Waals surface area contributed by atoms with E-state index in [2.05, 4.69) is 5.32 Å². The summed E-state index contributed by atoms with van der Waals surface area (Å²) < 4.78 is 4.91. The number of rotatable bonds is 8. The summed E-state index contributed by atoms with van der Waals surface area (Å²) in [6, 6.07) is 9.15. The largest absolute Gasteiger partial charge is 0.388 e. The van der Waals surface area contributed by atoms with E-state index in [0.29, 0.717) is 13.0 Å². The van der Waals surface area contributed by atoms with Crippen LogP contribution in [0.1, 0.15) is 31.4 Å². The number of amides is 1. The predicted molar refractivity (Wildman–Crippen MR) is 78.1 cm³/mol. The molecule has 0 aliphatic heterocycles. The molecule has 1 aromatic rings. The van der Waals surface area contributed by atoms with Gasteiger partial charge in [0.1, 0.15) is 0 Å². The Bertz CT molecular complexity index is 407. The molecule has 5 heteroatoms. The van der Waals surface area contributed by atoms with Gasteiger partial charge >= 0.3 is 0 Å². The number of carbonyl (C=O) groups is 1. The van der Waals surface area contributed by atoms with Crippen molar-refractivity contribution in [1.29, 1.82) is 0 Å². The van der Waals surface area contributed by atoms with E-state index in [4.69, 9.17) is 10.5 Å². The highest BCUT2D eigenvalue weighted by Crippen LogP contribution is 2.13. The normalized spacial score (nSPS) is 15.4. The number of benzene rings is 1. The Morgan fingerprint density at radius 1 is 1.45 bits per heavy atom. The van der Waals surface area contributed by atoms with E-state index in [-0.39, 0.29) is 24.9 Å². The third kappa shape index (κ3) is 6.14. The van der Waals surface area contributed by atoms with Crippen molar-refractivity contribution < 1.29 is 14.6 Å². The van der Waals surface area contributed by atoms with Gasteiger partial charge < -0.3 is 20.9 Å². The molecule has 4 N–H and O–H groups in total. The summed E-state index contributed by atoms with van der Waals surface area (Å²) in [5.41, 5.74) is 5.93. The van der Waals surface area contributed by atoms with Gasteiger partial charge in [0.2, 0.25) is 5.91 Å². The Kier molecular flexibility index (Phi) is 6.64. The average molecular weight is 280 g/mol. The van der Waals surface area contributed by atoms with Crippen LogP contribution in [-0.2, 0) is 9.53 Å². The standard InChI is InChI=1S/C15H24N2O3/c1-15(19,8-9-20-2)11-17-14(18)10-13(16)12-6-4-3-5-7-12/h3-7,13,19H,8-11,16H2,1-2H3,(H,17,18). The van der Waals surface area contributed by atoms with E-state index in [1.54, 1.807) is 14.0 Å². The summed E-state index contributed by atoms with van der Waals surface area (Å²) in [5, 5.41) is 12.7. The molecule has 1 rings (SSSR count). The highest BCUT2D eigenvalue weighted by atomic mass is 16.5. The second kappa shape index (κ2) is 7.99. The van der Waals surface area contributed by atoms with E-state index < -0.39 is 5.60 Å². The maximum Gasteiger partial charge on any atom is 0.222 e. The van der Waals surface area contributed by atoms with Gasteiger partial charge in [0, 0.05) is 39.1 Å². The van der Waals surface area contributed by atoms with Crippen LogP contribution in [0.25, 0.3) is 0 Å². The Morgan fingerprint density at radius 3 is 2.70 bits per heavy atom. The average Bonchev–Trinajstić information content (AvgIpc) is 2.44. The Balaban J connectivity index is 2.37. The lowest BCUT2D eigenvalue weighted by Crippen LogP contribution is -2.42. The second-order valence-corrected chi connectivity index (χ2v) is 5.24. The number of ether oxygens (including phenoxy) is 1. The molecule has 2 unspecified atom stereocenters. The maximum atomic E-state index is 11.8. The lowest BCUT2D eigenvalue weighted by atomic mass is 10.0. The Hall–Kier alpha value is -1.43. The predicted octanol–water partition coefficient (Wildman–Crippen LogP) is 0.980. The minimum absolute atomic E-state index is 0.168. The van der Waals surface area contributed by atoms with Crippen LogP contribution in [0.4, 0.5) is 0 Å². The highest BCUT2D eigenvalue weighted by molar-refractivity contribution is 5.76. The van der Waals surface area contributed by atoms with Crippen LogP contribution in [0.2, 0.25) is 0 Å². The summed E-state index contributed by atoms with van der Waals surface area (Å²) >= 11 is 0. The zero-order valence-corrected chi connectivity index (χ0v) is 12.1. The van der Waals surface area contributed by atoms with Gasteiger partial charge in [0.25, 0.3) is 0 Å². The van der Waals surface area contributed by atoms with Crippen molar-refractivity contribution in [3.8, 4) is 0 Å². The van der Waals surface area contributed by atoms with Crippen molar-refractivity contribution in [3.63, 3.8) is 0 Å². The van der Waals surface area contributed by atoms with Crippen LogP contribution >= 0.6 is 0 Å². The van der Waals surface area contributed by atoms with E-state index in [9.17, 15) is 9.90 Å². The van der Waals surface area contributed by atoms with Crippen LogP contribution in [-0.4, -0.2) is 36.9 Å². The van der Waals surface area contributed by atoms with Crippen LogP contribution in [0, 0.1) is 0 Å². The molecule has 0 saturated carbocycles. The first-order chi connectivity index (χ1) is 9.44. The lowest BCUT2D eigenvalue weighted by Gasteiger charge is -2.23. The summed E-state index contributed by atoms with van der Waals surface area (Å²) in [6.45, 7) is 2.31. The zero-order chi connectivity index (χ0) is 15.0. The van der Waals surface area contributed by atoms with Gasteiger partial charge in [-0.1, -0.05) is 30.3 Å². The van der Waals surface area contributed by atoms with Crippen molar-refractivity contribution in [2.45, 2.75) is 31.4 Å². The second-order valence-electron chi connectivity index (χ2n) is 5.24. The lowest BCUT2D eigenvalue weighted by molar-refractivity contribution is -0.122. The van der Waals surface area contributed by atoms with Gasteiger partial charge in [-0.3, -0.25) is 4.79 Å². The quantitative estimate of drug-likeness (QED) is 0.663. The van der Waals surface area contributed by atoms with Gasteiger partial charge in [-0.05, 0) is 12.5 Å². The molecule has 0 aliphatic rings. The molecule has 0 bridgehead atoms. The molecule has 0 aliphatic carbocycles. The minimum atomic E-state index is -0.970. The summed E-state index contributed by atoms with van der Waals surface area (Å²) in [5.74, 6) is -0.168. The summed E-state index contributed by atoms with van der Waals surface area (Å²) in [7, 11) is 1.58. The van der Waals surface area contributed by atoms with E-state index in [0.717, 1.165) is 5.56 Å². The molecule has 1 amide bonds. The number of hydrogen-bond donors (Lipinski definition) is 3. The molecule has 1 aromatic carbocycles. The number of aliphatic hydroxyl groups is 1. The molecular weight excluding hydrogens is 256 g/mol. The van der Waals surface area contributed by atoms with Crippen LogP contribution < -0.4 is 11.1 Å². The fourth-order valence-corrected chi connectivity index (χ4v) is 1.79. The van der Waals surface area contributed by atoms with Crippen LogP contribution in [0.15, 0.2) is 30.3 Å². The molecule has 0 fully saturated rings. The molecule has 0 spiro atoms. The molecule has 0 saturated heterocycles. The third-order valence-electron chi connectivity index (χ3n) is 3.14. The smallest absolute Gasteiger partial charge is 0.222 e. The molecule has 2 atom stereocenters. The molecule has 20 heavy (non-hydrogen) atoms. The molecule has 112 valence electrons. The first kappa shape index (κ1) is 16.6. The maximum absolute atomic E-state index is 11.8. The first-order valence-corrected chi connectivity index (χ1v) is 6.73. The number of nitrogens with one attached hydrogen (secondary N) is 1. The molecule has 0 heterocycles.